The van der Waals surface area contributed by atoms with E-state index >= 15 is 0 Å². The Morgan fingerprint density at radius 1 is 0.857 bits per heavy atom. The Morgan fingerprint density at radius 2 is 1.49 bits per heavy atom. The molecule has 1 aliphatic rings. The highest BCUT2D eigenvalue weighted by Gasteiger charge is 2.28. The third-order valence-corrected chi connectivity index (χ3v) is 5.74. The number of ether oxygens (including phenoxy) is 2. The van der Waals surface area contributed by atoms with Crippen molar-refractivity contribution in [2.24, 2.45) is 0 Å². The van der Waals surface area contributed by atoms with Crippen LogP contribution >= 0.6 is 0 Å². The fraction of sp³-hybridized carbons (Fsp3) is 0.0667. The van der Waals surface area contributed by atoms with Crippen LogP contribution in [0.15, 0.2) is 109 Å². The third kappa shape index (κ3) is 4.70. The topological polar surface area (TPSA) is 55.8 Å². The number of benzene rings is 4. The number of Topliss-reactive ketones (excluding diaryl/α,β-unsaturated/α-hetero) is 1. The van der Waals surface area contributed by atoms with E-state index in [2.05, 4.69) is 6.92 Å². The Labute approximate surface area is 203 Å². The summed E-state index contributed by atoms with van der Waals surface area (Å²) in [7, 11) is 0. The maximum atomic E-state index is 13.2. The van der Waals surface area contributed by atoms with E-state index in [1.807, 2.05) is 84.9 Å². The number of fused-ring (bicyclic) bond motifs is 1. The van der Waals surface area contributed by atoms with Crippen LogP contribution in [0.1, 0.15) is 28.4 Å². The van der Waals surface area contributed by atoms with Crippen molar-refractivity contribution in [2.45, 2.75) is 13.3 Å². The van der Waals surface area contributed by atoms with E-state index in [4.69, 9.17) is 9.47 Å². The lowest BCUT2D eigenvalue weighted by Crippen LogP contribution is -2.29. The van der Waals surface area contributed by atoms with Gasteiger partial charge in [0, 0.05) is 6.07 Å². The van der Waals surface area contributed by atoms with Gasteiger partial charge < -0.3 is 9.47 Å². The van der Waals surface area contributed by atoms with Crippen molar-refractivity contribution in [3.05, 3.63) is 126 Å². The number of hydrogen-bond acceptors (Lipinski definition) is 4. The van der Waals surface area contributed by atoms with E-state index in [9.17, 15) is 9.59 Å². The van der Waals surface area contributed by atoms with Crippen LogP contribution in [0.5, 0.6) is 11.5 Å². The van der Waals surface area contributed by atoms with Gasteiger partial charge in [-0.3, -0.25) is 4.79 Å². The number of nitrogens with zero attached hydrogens (tertiary/aromatic N) is 1. The highest BCUT2D eigenvalue weighted by molar-refractivity contribution is 6.14. The molecule has 4 aromatic rings. The van der Waals surface area contributed by atoms with Gasteiger partial charge in [0.15, 0.2) is 5.76 Å². The number of rotatable bonds is 5. The lowest BCUT2D eigenvalue weighted by Gasteiger charge is -2.22. The fourth-order valence-electron chi connectivity index (χ4n) is 3.89. The van der Waals surface area contributed by atoms with Gasteiger partial charge in [0.2, 0.25) is 5.78 Å². The molecule has 0 saturated carbocycles. The van der Waals surface area contributed by atoms with E-state index in [-0.39, 0.29) is 17.3 Å². The molecule has 0 aliphatic carbocycles. The molecule has 0 N–H and O–H groups in total. The highest BCUT2D eigenvalue weighted by atomic mass is 16.6. The minimum absolute atomic E-state index is 0.201. The Kier molecular flexibility index (Phi) is 6.14. The summed E-state index contributed by atoms with van der Waals surface area (Å²) in [5.74, 6) is 0.685. The van der Waals surface area contributed by atoms with Crippen LogP contribution in [0.25, 0.3) is 6.08 Å². The van der Waals surface area contributed by atoms with Crippen molar-refractivity contribution in [2.75, 3.05) is 4.90 Å². The molecule has 0 spiro atoms. The molecule has 0 bridgehead atoms. The van der Waals surface area contributed by atoms with Gasteiger partial charge in [-0.05, 0) is 60.0 Å². The Bertz CT molecular complexity index is 1350. The van der Waals surface area contributed by atoms with Crippen molar-refractivity contribution >= 4 is 29.3 Å². The second-order valence-electron chi connectivity index (χ2n) is 8.07. The van der Waals surface area contributed by atoms with Crippen LogP contribution in [0.4, 0.5) is 16.2 Å². The molecule has 35 heavy (non-hydrogen) atoms. The van der Waals surface area contributed by atoms with E-state index < -0.39 is 6.09 Å². The van der Waals surface area contributed by atoms with Crippen molar-refractivity contribution in [1.82, 2.24) is 0 Å². The Balaban J connectivity index is 1.38. The number of anilines is 2. The van der Waals surface area contributed by atoms with Crippen LogP contribution < -0.4 is 14.4 Å². The second-order valence-corrected chi connectivity index (χ2v) is 8.07. The first-order valence-electron chi connectivity index (χ1n) is 11.4. The molecule has 0 fully saturated rings. The summed E-state index contributed by atoms with van der Waals surface area (Å²) in [6.45, 7) is 2.09. The first kappa shape index (κ1) is 22.2. The molecule has 1 heterocycles. The largest absolute Gasteiger partial charge is 0.452 e. The molecule has 0 saturated heterocycles. The quantitative estimate of drug-likeness (QED) is 0.295. The number of amides is 1. The van der Waals surface area contributed by atoms with Crippen LogP contribution in [-0.2, 0) is 6.42 Å². The fourth-order valence-corrected chi connectivity index (χ4v) is 3.89. The third-order valence-electron chi connectivity index (χ3n) is 5.74. The summed E-state index contributed by atoms with van der Waals surface area (Å²) >= 11 is 0. The van der Waals surface area contributed by atoms with Gasteiger partial charge in [-0.15, -0.1) is 0 Å². The molecule has 5 rings (SSSR count). The summed E-state index contributed by atoms with van der Waals surface area (Å²) in [4.78, 5) is 27.5. The molecule has 172 valence electrons. The normalized spacial score (nSPS) is 13.3. The predicted octanol–water partition coefficient (Wildman–Crippen LogP) is 7.20. The summed E-state index contributed by atoms with van der Waals surface area (Å²) in [6.07, 6.45) is 2.10. The van der Waals surface area contributed by atoms with Crippen LogP contribution in [-0.4, -0.2) is 11.9 Å². The van der Waals surface area contributed by atoms with E-state index in [0.717, 1.165) is 12.0 Å². The summed E-state index contributed by atoms with van der Waals surface area (Å²) in [5, 5.41) is 0. The first-order valence-corrected chi connectivity index (χ1v) is 11.4. The molecule has 5 nitrogen and oxygen atoms in total. The Morgan fingerprint density at radius 3 is 2.09 bits per heavy atom. The summed E-state index contributed by atoms with van der Waals surface area (Å²) < 4.78 is 11.5. The number of para-hydroxylation sites is 2. The summed E-state index contributed by atoms with van der Waals surface area (Å²) in [5.41, 5.74) is 3.89. The van der Waals surface area contributed by atoms with E-state index in [0.29, 0.717) is 22.7 Å². The van der Waals surface area contributed by atoms with Gasteiger partial charge in [0.25, 0.3) is 0 Å². The second kappa shape index (κ2) is 9.69. The minimum Gasteiger partial charge on any atom is -0.452 e. The van der Waals surface area contributed by atoms with Crippen molar-refractivity contribution in [3.8, 4) is 11.5 Å². The maximum absolute atomic E-state index is 13.2. The number of allylic oxidation sites excluding steroid dienone is 1. The monoisotopic (exact) mass is 461 g/mol. The van der Waals surface area contributed by atoms with Crippen molar-refractivity contribution in [1.29, 1.82) is 0 Å². The Hall–Kier alpha value is -4.64. The van der Waals surface area contributed by atoms with Crippen LogP contribution in [0, 0.1) is 0 Å². The van der Waals surface area contributed by atoms with Crippen LogP contribution in [0.2, 0.25) is 0 Å². The van der Waals surface area contributed by atoms with E-state index in [1.165, 1.54) is 10.5 Å². The standard InChI is InChI=1S/C30H23NO4/c1-2-21-13-15-22(16-14-21)19-28-29(32)26-18-17-25(20-27(26)35-28)34-30(33)31(23-9-5-3-6-10-23)24-11-7-4-8-12-24/h3-20H,2H2,1H3. The highest BCUT2D eigenvalue weighted by Crippen LogP contribution is 2.35. The number of ketones is 1. The smallest absolute Gasteiger partial charge is 0.424 e. The minimum atomic E-state index is -0.571. The SMILES string of the molecule is CCc1ccc(C=C2Oc3cc(OC(=O)N(c4ccccc4)c4ccccc4)ccc3C2=O)cc1. The van der Waals surface area contributed by atoms with Gasteiger partial charge in [0.05, 0.1) is 16.9 Å². The molecule has 0 aromatic heterocycles. The number of hydrogen-bond donors (Lipinski definition) is 0. The lowest BCUT2D eigenvalue weighted by atomic mass is 10.1. The molecule has 0 radical (unpaired) electrons. The molecule has 4 aromatic carbocycles. The van der Waals surface area contributed by atoms with E-state index in [1.54, 1.807) is 24.3 Å². The van der Waals surface area contributed by atoms with Crippen molar-refractivity contribution < 1.29 is 19.1 Å². The van der Waals surface area contributed by atoms with Gasteiger partial charge in [-0.2, -0.15) is 0 Å². The lowest BCUT2D eigenvalue weighted by molar-refractivity contribution is 0.101. The van der Waals surface area contributed by atoms with Crippen LogP contribution in [0.3, 0.4) is 0 Å². The zero-order chi connectivity index (χ0) is 24.2. The molecule has 5 heteroatoms. The molecular formula is C30H23NO4. The molecule has 1 aliphatic heterocycles. The maximum Gasteiger partial charge on any atom is 0.424 e. The first-order chi connectivity index (χ1) is 17.1. The van der Waals surface area contributed by atoms with Gasteiger partial charge in [0.1, 0.15) is 11.5 Å². The molecule has 0 atom stereocenters. The molecule has 1 amide bonds. The number of carbonyl (C=O) groups excluding carboxylic acids is 2. The zero-order valence-corrected chi connectivity index (χ0v) is 19.2. The molecular weight excluding hydrogens is 438 g/mol. The predicted molar refractivity (Wildman–Crippen MR) is 136 cm³/mol. The number of carbonyl (C=O) groups is 2. The molecule has 0 unspecified atom stereocenters. The van der Waals surface area contributed by atoms with Gasteiger partial charge >= 0.3 is 6.09 Å². The summed E-state index contributed by atoms with van der Waals surface area (Å²) in [6, 6.07) is 31.3. The van der Waals surface area contributed by atoms with Gasteiger partial charge in [-0.25, -0.2) is 9.69 Å². The van der Waals surface area contributed by atoms with Crippen molar-refractivity contribution in [3.63, 3.8) is 0 Å². The average Bonchev–Trinajstić information content (AvgIpc) is 3.20. The zero-order valence-electron chi connectivity index (χ0n) is 19.2. The van der Waals surface area contributed by atoms with Gasteiger partial charge in [-0.1, -0.05) is 67.6 Å². The average molecular weight is 462 g/mol. The number of aryl methyl sites for hydroxylation is 1.